The van der Waals surface area contributed by atoms with Gasteiger partial charge >= 0.3 is 0 Å². The van der Waals surface area contributed by atoms with E-state index in [9.17, 15) is 0 Å². The molecule has 0 saturated carbocycles. The Bertz CT molecular complexity index is 343. The van der Waals surface area contributed by atoms with Gasteiger partial charge in [0.05, 0.1) is 12.8 Å². The van der Waals surface area contributed by atoms with E-state index in [-0.39, 0.29) is 12.4 Å². The molecule has 1 fully saturated rings. The first-order chi connectivity index (χ1) is 7.31. The molecule has 0 aliphatic carbocycles. The number of piperazine rings is 1. The second-order valence-corrected chi connectivity index (χ2v) is 4.47. The Morgan fingerprint density at radius 1 is 1.31 bits per heavy atom. The maximum Gasteiger partial charge on any atom is 0.142 e. The van der Waals surface area contributed by atoms with Gasteiger partial charge in [-0.05, 0) is 18.2 Å². The lowest BCUT2D eigenvalue weighted by Crippen LogP contribution is -2.43. The van der Waals surface area contributed by atoms with Gasteiger partial charge in [-0.15, -0.1) is 12.4 Å². The van der Waals surface area contributed by atoms with Gasteiger partial charge in [0.25, 0.3) is 0 Å². The Hall–Kier alpha value is -0.450. The fourth-order valence-corrected chi connectivity index (χ4v) is 2.17. The van der Waals surface area contributed by atoms with Crippen LogP contribution in [-0.2, 0) is 0 Å². The number of hydrogen-bond donors (Lipinski definition) is 1. The van der Waals surface area contributed by atoms with Crippen molar-refractivity contribution < 1.29 is 4.74 Å². The molecule has 1 aromatic rings. The Morgan fingerprint density at radius 2 is 2.00 bits per heavy atom. The number of anilines is 1. The maximum absolute atomic E-state index is 5.37. The van der Waals surface area contributed by atoms with Gasteiger partial charge in [-0.3, -0.25) is 0 Å². The van der Waals surface area contributed by atoms with Crippen molar-refractivity contribution in [2.24, 2.45) is 0 Å². The average Bonchev–Trinajstić information content (AvgIpc) is 2.30. The van der Waals surface area contributed by atoms with Gasteiger partial charge in [-0.1, -0.05) is 15.9 Å². The molecule has 1 saturated heterocycles. The van der Waals surface area contributed by atoms with Gasteiger partial charge in [-0.2, -0.15) is 0 Å². The Kier molecular flexibility index (Phi) is 5.38. The molecule has 1 heterocycles. The number of benzene rings is 1. The van der Waals surface area contributed by atoms with Crippen molar-refractivity contribution in [3.8, 4) is 5.75 Å². The van der Waals surface area contributed by atoms with Crippen molar-refractivity contribution in [2.45, 2.75) is 0 Å². The van der Waals surface area contributed by atoms with Crippen molar-refractivity contribution in [2.75, 3.05) is 38.2 Å². The van der Waals surface area contributed by atoms with Gasteiger partial charge < -0.3 is 15.0 Å². The molecule has 0 radical (unpaired) electrons. The summed E-state index contributed by atoms with van der Waals surface area (Å²) in [5, 5.41) is 3.34. The molecule has 3 nitrogen and oxygen atoms in total. The summed E-state index contributed by atoms with van der Waals surface area (Å²) in [6, 6.07) is 6.12. The van der Waals surface area contributed by atoms with Crippen molar-refractivity contribution in [3.05, 3.63) is 22.7 Å². The Balaban J connectivity index is 0.00000128. The number of nitrogens with zero attached hydrogens (tertiary/aromatic N) is 1. The van der Waals surface area contributed by atoms with Crippen molar-refractivity contribution in [3.63, 3.8) is 0 Å². The molecule has 0 unspecified atom stereocenters. The summed E-state index contributed by atoms with van der Waals surface area (Å²) in [6.07, 6.45) is 0. The molecule has 16 heavy (non-hydrogen) atoms. The molecule has 0 spiro atoms. The van der Waals surface area contributed by atoms with Crippen LogP contribution in [0.15, 0.2) is 22.7 Å². The first-order valence-corrected chi connectivity index (χ1v) is 5.90. The van der Waals surface area contributed by atoms with E-state index < -0.39 is 0 Å². The van der Waals surface area contributed by atoms with Crippen LogP contribution in [-0.4, -0.2) is 33.3 Å². The zero-order valence-electron chi connectivity index (χ0n) is 9.20. The Labute approximate surface area is 111 Å². The van der Waals surface area contributed by atoms with Crippen LogP contribution in [0, 0.1) is 0 Å². The first-order valence-electron chi connectivity index (χ1n) is 5.10. The van der Waals surface area contributed by atoms with Crippen LogP contribution in [0.2, 0.25) is 0 Å². The number of ether oxygens (including phenoxy) is 1. The number of hydrogen-bond acceptors (Lipinski definition) is 3. The molecule has 1 aliphatic rings. The van der Waals surface area contributed by atoms with Gasteiger partial charge in [0, 0.05) is 30.7 Å². The summed E-state index contributed by atoms with van der Waals surface area (Å²) in [4.78, 5) is 2.35. The van der Waals surface area contributed by atoms with E-state index in [1.54, 1.807) is 7.11 Å². The highest BCUT2D eigenvalue weighted by atomic mass is 79.9. The van der Waals surface area contributed by atoms with Crippen LogP contribution < -0.4 is 15.0 Å². The molecule has 2 rings (SSSR count). The molecule has 90 valence electrons. The van der Waals surface area contributed by atoms with Gasteiger partial charge in [-0.25, -0.2) is 0 Å². The van der Waals surface area contributed by atoms with Crippen LogP contribution in [0.1, 0.15) is 0 Å². The molecule has 0 aromatic heterocycles. The largest absolute Gasteiger partial charge is 0.495 e. The van der Waals surface area contributed by atoms with E-state index in [2.05, 4.69) is 32.2 Å². The normalized spacial score (nSPS) is 15.5. The highest BCUT2D eigenvalue weighted by Crippen LogP contribution is 2.31. The van der Waals surface area contributed by atoms with E-state index in [1.807, 2.05) is 12.1 Å². The van der Waals surface area contributed by atoms with E-state index in [0.717, 1.165) is 36.4 Å². The maximum atomic E-state index is 5.37. The number of methoxy groups -OCH3 is 1. The third-order valence-electron chi connectivity index (χ3n) is 2.60. The molecular weight excluding hydrogens is 291 g/mol. The highest BCUT2D eigenvalue weighted by molar-refractivity contribution is 9.10. The SMILES string of the molecule is COc1ccc(Br)cc1N1CCNCC1.Cl. The standard InChI is InChI=1S/C11H15BrN2O.ClH/c1-15-11-3-2-9(12)8-10(11)14-6-4-13-5-7-14;/h2-3,8,13H,4-7H2,1H3;1H. The minimum absolute atomic E-state index is 0. The van der Waals surface area contributed by atoms with Crippen LogP contribution in [0.25, 0.3) is 0 Å². The van der Waals surface area contributed by atoms with Gasteiger partial charge in [0.1, 0.15) is 5.75 Å². The van der Waals surface area contributed by atoms with Crippen molar-refractivity contribution >= 4 is 34.0 Å². The van der Waals surface area contributed by atoms with Crippen LogP contribution >= 0.6 is 28.3 Å². The van der Waals surface area contributed by atoms with Crippen molar-refractivity contribution in [1.29, 1.82) is 0 Å². The topological polar surface area (TPSA) is 24.5 Å². The fourth-order valence-electron chi connectivity index (χ4n) is 1.82. The second kappa shape index (κ2) is 6.33. The number of nitrogens with one attached hydrogen (secondary N) is 1. The minimum atomic E-state index is 0. The molecule has 1 aliphatic heterocycles. The van der Waals surface area contributed by atoms with E-state index in [0.29, 0.717) is 0 Å². The predicted octanol–water partition coefficient (Wildman–Crippen LogP) is 2.29. The van der Waals surface area contributed by atoms with Crippen LogP contribution in [0.5, 0.6) is 5.75 Å². The zero-order valence-corrected chi connectivity index (χ0v) is 11.6. The molecule has 5 heteroatoms. The summed E-state index contributed by atoms with van der Waals surface area (Å²) in [6.45, 7) is 4.14. The molecule has 0 bridgehead atoms. The smallest absolute Gasteiger partial charge is 0.142 e. The van der Waals surface area contributed by atoms with E-state index in [1.165, 1.54) is 5.69 Å². The van der Waals surface area contributed by atoms with Gasteiger partial charge in [0.2, 0.25) is 0 Å². The summed E-state index contributed by atoms with van der Waals surface area (Å²) in [7, 11) is 1.72. The Morgan fingerprint density at radius 3 is 2.62 bits per heavy atom. The lowest BCUT2D eigenvalue weighted by atomic mass is 10.2. The molecule has 1 N–H and O–H groups in total. The lowest BCUT2D eigenvalue weighted by molar-refractivity contribution is 0.413. The average molecular weight is 308 g/mol. The van der Waals surface area contributed by atoms with E-state index >= 15 is 0 Å². The summed E-state index contributed by atoms with van der Waals surface area (Å²) >= 11 is 3.49. The third-order valence-corrected chi connectivity index (χ3v) is 3.09. The minimum Gasteiger partial charge on any atom is -0.495 e. The third kappa shape index (κ3) is 3.03. The molecular formula is C11H16BrClN2O. The summed E-state index contributed by atoms with van der Waals surface area (Å²) in [5.41, 5.74) is 1.17. The monoisotopic (exact) mass is 306 g/mol. The first kappa shape index (κ1) is 13.6. The lowest BCUT2D eigenvalue weighted by Gasteiger charge is -2.30. The summed E-state index contributed by atoms with van der Waals surface area (Å²) in [5.74, 6) is 0.945. The second-order valence-electron chi connectivity index (χ2n) is 3.55. The number of rotatable bonds is 2. The van der Waals surface area contributed by atoms with Crippen molar-refractivity contribution in [1.82, 2.24) is 5.32 Å². The molecule has 0 atom stereocenters. The van der Waals surface area contributed by atoms with Gasteiger partial charge in [0.15, 0.2) is 0 Å². The zero-order chi connectivity index (χ0) is 10.7. The quantitative estimate of drug-likeness (QED) is 0.907. The molecule has 1 aromatic carbocycles. The number of halogens is 2. The summed E-state index contributed by atoms with van der Waals surface area (Å²) < 4.78 is 6.46. The predicted molar refractivity (Wildman–Crippen MR) is 73.0 cm³/mol. The van der Waals surface area contributed by atoms with Crippen LogP contribution in [0.3, 0.4) is 0 Å². The van der Waals surface area contributed by atoms with E-state index in [4.69, 9.17) is 4.74 Å². The molecule has 0 amide bonds. The van der Waals surface area contributed by atoms with Crippen LogP contribution in [0.4, 0.5) is 5.69 Å². The highest BCUT2D eigenvalue weighted by Gasteiger charge is 2.14. The fraction of sp³-hybridized carbons (Fsp3) is 0.455.